The van der Waals surface area contributed by atoms with Gasteiger partial charge in [-0.3, -0.25) is 0 Å². The number of methoxy groups -OCH3 is 1. The predicted octanol–water partition coefficient (Wildman–Crippen LogP) is 2.00. The van der Waals surface area contributed by atoms with Crippen molar-refractivity contribution < 1.29 is 44.6 Å². The van der Waals surface area contributed by atoms with Gasteiger partial charge in [-0.05, 0) is 19.1 Å². The van der Waals surface area contributed by atoms with Gasteiger partial charge in [0.1, 0.15) is 16.5 Å². The zero-order valence-electron chi connectivity index (χ0n) is 15.0. The molecule has 2 amide bonds. The number of carbonyl (C=O) groups excluding carboxylic acids is 1. The molecule has 2 aromatic rings. The highest BCUT2D eigenvalue weighted by Gasteiger charge is 2.61. The number of sulfonamides is 1. The smallest absolute Gasteiger partial charge is 0.467 e. The molecule has 0 aliphatic carbocycles. The van der Waals surface area contributed by atoms with Crippen LogP contribution < -0.4 is 19.5 Å². The van der Waals surface area contributed by atoms with Crippen LogP contribution in [-0.4, -0.2) is 48.8 Å². The van der Waals surface area contributed by atoms with Crippen LogP contribution in [0.1, 0.15) is 5.82 Å². The molecule has 10 nitrogen and oxygen atoms in total. The fourth-order valence-corrected chi connectivity index (χ4v) is 3.34. The van der Waals surface area contributed by atoms with E-state index in [1.165, 1.54) is 6.92 Å². The highest BCUT2D eigenvalue weighted by atomic mass is 32.2. The third-order valence-electron chi connectivity index (χ3n) is 3.21. The van der Waals surface area contributed by atoms with Crippen LogP contribution in [-0.2, 0) is 10.0 Å². The van der Waals surface area contributed by atoms with Crippen LogP contribution in [0.3, 0.4) is 0 Å². The van der Waals surface area contributed by atoms with Gasteiger partial charge in [0, 0.05) is 0 Å². The summed E-state index contributed by atoms with van der Waals surface area (Å²) in [6, 6.07) is 0.964. The Labute approximate surface area is 165 Å². The molecule has 2 rings (SSSR count). The van der Waals surface area contributed by atoms with Crippen molar-refractivity contribution in [3.8, 4) is 11.8 Å². The van der Waals surface area contributed by atoms with Crippen LogP contribution in [0.2, 0.25) is 0 Å². The number of aryl methyl sites for hydroxylation is 1. The predicted molar refractivity (Wildman–Crippen MR) is 88.4 cm³/mol. The summed E-state index contributed by atoms with van der Waals surface area (Å²) in [6.45, 7) is 1.28. The van der Waals surface area contributed by atoms with Crippen LogP contribution in [0.4, 0.5) is 32.7 Å². The number of hydrogen-bond donors (Lipinski definition) is 1. The van der Waals surface area contributed by atoms with Gasteiger partial charge in [-0.25, -0.2) is 13.2 Å². The lowest BCUT2D eigenvalue weighted by Crippen LogP contribution is -2.44. The zero-order valence-corrected chi connectivity index (χ0v) is 15.8. The second kappa shape index (κ2) is 7.85. The summed E-state index contributed by atoms with van der Waals surface area (Å²) in [7, 11) is -4.10. The largest absolute Gasteiger partial charge is 0.499 e. The number of rotatable bonds is 6. The first kappa shape index (κ1) is 23.0. The maximum Gasteiger partial charge on any atom is 0.499 e. The van der Waals surface area contributed by atoms with Gasteiger partial charge in [0.15, 0.2) is 0 Å². The molecule has 2 N–H and O–H groups in total. The van der Waals surface area contributed by atoms with E-state index in [-0.39, 0.29) is 10.1 Å². The van der Waals surface area contributed by atoms with E-state index in [4.69, 9.17) is 10.5 Å². The number of benzene rings is 1. The van der Waals surface area contributed by atoms with Gasteiger partial charge in [-0.2, -0.15) is 36.9 Å². The van der Waals surface area contributed by atoms with Crippen molar-refractivity contribution in [1.82, 2.24) is 15.0 Å². The van der Waals surface area contributed by atoms with Crippen LogP contribution in [0.25, 0.3) is 0 Å². The fourth-order valence-electron chi connectivity index (χ4n) is 1.99. The Morgan fingerprint density at radius 1 is 1.10 bits per heavy atom. The van der Waals surface area contributed by atoms with E-state index in [9.17, 15) is 35.2 Å². The summed E-state index contributed by atoms with van der Waals surface area (Å²) in [5.41, 5.74) is 5.08. The number of ether oxygens (including phenoxy) is 2. The van der Waals surface area contributed by atoms with E-state index in [1.807, 2.05) is 0 Å². The Hall–Kier alpha value is -3.30. The van der Waals surface area contributed by atoms with Crippen LogP contribution >= 0.6 is 0 Å². The molecule has 1 aromatic carbocycles. The van der Waals surface area contributed by atoms with Crippen molar-refractivity contribution in [2.75, 3.05) is 11.4 Å². The molecule has 16 heteroatoms. The maximum absolute atomic E-state index is 13.3. The van der Waals surface area contributed by atoms with Crippen molar-refractivity contribution in [2.24, 2.45) is 5.73 Å². The minimum absolute atomic E-state index is 0.119. The maximum atomic E-state index is 13.3. The SMILES string of the molecule is COc1nc(C)nc(N(C(N)=O)S(=O)(=O)c2ccccc2OC(F)(F)C(F)(F)F)n1. The Morgan fingerprint density at radius 3 is 2.23 bits per heavy atom. The van der Waals surface area contributed by atoms with Gasteiger partial charge < -0.3 is 15.2 Å². The lowest BCUT2D eigenvalue weighted by Gasteiger charge is -2.23. The molecule has 0 aliphatic rings. The number of nitrogens with zero attached hydrogens (tertiary/aromatic N) is 4. The number of halogens is 5. The minimum Gasteiger partial charge on any atom is -0.467 e. The standard InChI is InChI=1S/C14H12F5N5O5S/c1-7-21-11(23-12(22-7)28-2)24(10(20)25)30(26,27)9-6-4-3-5-8(9)29-14(18,19)13(15,16)17/h3-6H,1-2H3,(H2,20,25). The van der Waals surface area contributed by atoms with Gasteiger partial charge in [-0.15, -0.1) is 4.31 Å². The fraction of sp³-hybridized carbons (Fsp3) is 0.286. The zero-order chi connectivity index (χ0) is 22.9. The van der Waals surface area contributed by atoms with Crippen molar-refractivity contribution in [3.63, 3.8) is 0 Å². The number of amides is 2. The molecule has 1 aromatic heterocycles. The summed E-state index contributed by atoms with van der Waals surface area (Å²) < 4.78 is 98.0. The Kier molecular flexibility index (Phi) is 6.01. The first-order valence-electron chi connectivity index (χ1n) is 7.54. The van der Waals surface area contributed by atoms with Gasteiger partial charge in [0.25, 0.3) is 16.0 Å². The third-order valence-corrected chi connectivity index (χ3v) is 4.93. The van der Waals surface area contributed by atoms with Gasteiger partial charge >= 0.3 is 24.3 Å². The number of nitrogens with two attached hydrogens (primary N) is 1. The number of alkyl halides is 5. The van der Waals surface area contributed by atoms with Gasteiger partial charge in [-0.1, -0.05) is 12.1 Å². The first-order chi connectivity index (χ1) is 13.7. The molecule has 0 unspecified atom stereocenters. The first-order valence-corrected chi connectivity index (χ1v) is 8.98. The molecule has 0 saturated carbocycles. The van der Waals surface area contributed by atoms with Crippen molar-refractivity contribution in [1.29, 1.82) is 0 Å². The number of carbonyl (C=O) groups is 1. The topological polar surface area (TPSA) is 138 Å². The monoisotopic (exact) mass is 457 g/mol. The van der Waals surface area contributed by atoms with E-state index in [1.54, 1.807) is 0 Å². The number of aromatic nitrogens is 3. The van der Waals surface area contributed by atoms with E-state index < -0.39 is 50.9 Å². The summed E-state index contributed by atoms with van der Waals surface area (Å²) in [5, 5.41) is 0. The highest BCUT2D eigenvalue weighted by Crippen LogP contribution is 2.39. The lowest BCUT2D eigenvalue weighted by atomic mass is 10.3. The normalized spacial score (nSPS) is 12.4. The molecule has 0 spiro atoms. The number of urea groups is 1. The van der Waals surface area contributed by atoms with Crippen LogP contribution in [0.15, 0.2) is 29.2 Å². The van der Waals surface area contributed by atoms with Gasteiger partial charge in [0.2, 0.25) is 0 Å². The van der Waals surface area contributed by atoms with Crippen LogP contribution in [0.5, 0.6) is 11.8 Å². The molecular weight excluding hydrogens is 445 g/mol. The quantitative estimate of drug-likeness (QED) is 0.650. The molecule has 164 valence electrons. The second-order valence-corrected chi connectivity index (χ2v) is 7.10. The molecule has 0 saturated heterocycles. The molecule has 0 aliphatic heterocycles. The average Bonchev–Trinajstić information content (AvgIpc) is 2.59. The van der Waals surface area contributed by atoms with Crippen LogP contribution in [0, 0.1) is 6.92 Å². The van der Waals surface area contributed by atoms with Crippen molar-refractivity contribution in [3.05, 3.63) is 30.1 Å². The average molecular weight is 457 g/mol. The van der Waals surface area contributed by atoms with E-state index in [0.29, 0.717) is 12.1 Å². The van der Waals surface area contributed by atoms with Gasteiger partial charge in [0.05, 0.1) is 7.11 Å². The molecule has 0 bridgehead atoms. The number of hydrogen-bond acceptors (Lipinski definition) is 8. The molecule has 30 heavy (non-hydrogen) atoms. The number of anilines is 1. The summed E-state index contributed by atoms with van der Waals surface area (Å²) in [4.78, 5) is 21.4. The Bertz CT molecular complexity index is 1060. The molecule has 0 atom stereocenters. The molecular formula is C14H12F5N5O5S. The van der Waals surface area contributed by atoms with E-state index in [0.717, 1.165) is 19.2 Å². The number of primary amides is 1. The van der Waals surface area contributed by atoms with E-state index >= 15 is 0 Å². The number of para-hydroxylation sites is 1. The minimum atomic E-state index is -6.15. The third kappa shape index (κ3) is 4.47. The Morgan fingerprint density at radius 2 is 1.70 bits per heavy atom. The molecule has 0 fully saturated rings. The summed E-state index contributed by atoms with van der Waals surface area (Å²) >= 11 is 0. The summed E-state index contributed by atoms with van der Waals surface area (Å²) in [6.07, 6.45) is -11.9. The highest BCUT2D eigenvalue weighted by molar-refractivity contribution is 7.93. The second-order valence-electron chi connectivity index (χ2n) is 5.34. The van der Waals surface area contributed by atoms with E-state index in [2.05, 4.69) is 19.7 Å². The molecule has 1 heterocycles. The summed E-state index contributed by atoms with van der Waals surface area (Å²) in [5.74, 6) is -2.40. The van der Waals surface area contributed by atoms with Crippen molar-refractivity contribution in [2.45, 2.75) is 24.1 Å². The van der Waals surface area contributed by atoms with Crippen molar-refractivity contribution >= 4 is 22.0 Å². The molecule has 0 radical (unpaired) electrons. The Balaban J connectivity index is 2.65. The lowest BCUT2D eigenvalue weighted by molar-refractivity contribution is -0.361.